The molecule has 0 saturated heterocycles. The number of ether oxygens (including phenoxy) is 1. The maximum Gasteiger partial charge on any atom is 0.511 e. The van der Waals surface area contributed by atoms with Crippen LogP contribution in [-0.2, 0) is 10.0 Å². The van der Waals surface area contributed by atoms with Crippen molar-refractivity contribution in [1.29, 1.82) is 0 Å². The van der Waals surface area contributed by atoms with Gasteiger partial charge in [-0.1, -0.05) is 0 Å². The molecule has 0 aliphatic heterocycles. The highest BCUT2D eigenvalue weighted by molar-refractivity contribution is 7.90. The lowest BCUT2D eigenvalue weighted by Gasteiger charge is -2.09. The predicted molar refractivity (Wildman–Crippen MR) is 56.3 cm³/mol. The van der Waals surface area contributed by atoms with Crippen LogP contribution in [0.3, 0.4) is 0 Å². The molecule has 10 heteroatoms. The van der Waals surface area contributed by atoms with E-state index in [1.807, 2.05) is 0 Å². The minimum atomic E-state index is -5.27. The fraction of sp³-hybridized carbons (Fsp3) is 0.625. The molecule has 0 bridgehead atoms. The third-order valence-corrected chi connectivity index (χ3v) is 3.07. The van der Waals surface area contributed by atoms with Crippen molar-refractivity contribution in [2.24, 2.45) is 0 Å². The Morgan fingerprint density at radius 3 is 2.67 bits per heavy atom. The van der Waals surface area contributed by atoms with Gasteiger partial charge >= 0.3 is 15.5 Å². The molecule has 0 spiro atoms. The van der Waals surface area contributed by atoms with Gasteiger partial charge in [-0.2, -0.15) is 13.2 Å². The number of hydrogen-bond donors (Lipinski definition) is 2. The molecular formula is C8H12F3N3O3S. The second-order valence-electron chi connectivity index (χ2n) is 3.29. The van der Waals surface area contributed by atoms with Crippen LogP contribution in [0.1, 0.15) is 12.8 Å². The fourth-order valence-corrected chi connectivity index (χ4v) is 1.59. The van der Waals surface area contributed by atoms with Crippen LogP contribution in [0.2, 0.25) is 0 Å². The zero-order valence-electron chi connectivity index (χ0n) is 9.20. The summed E-state index contributed by atoms with van der Waals surface area (Å²) in [5.74, 6) is 0. The van der Waals surface area contributed by atoms with E-state index < -0.39 is 15.5 Å². The van der Waals surface area contributed by atoms with E-state index in [9.17, 15) is 21.6 Å². The van der Waals surface area contributed by atoms with Crippen molar-refractivity contribution >= 4 is 10.0 Å². The van der Waals surface area contributed by atoms with Gasteiger partial charge in [0, 0.05) is 18.9 Å². The van der Waals surface area contributed by atoms with Gasteiger partial charge in [0.25, 0.3) is 6.01 Å². The zero-order chi connectivity index (χ0) is 13.6. The number of hydrogen-bond acceptors (Lipinski definition) is 4. The molecule has 0 atom stereocenters. The molecule has 1 heterocycles. The summed E-state index contributed by atoms with van der Waals surface area (Å²) in [7, 11) is -5.24. The number of nitrogens with one attached hydrogen (secondary N) is 2. The Morgan fingerprint density at radius 1 is 1.39 bits per heavy atom. The van der Waals surface area contributed by atoms with Gasteiger partial charge in [0.2, 0.25) is 0 Å². The second kappa shape index (κ2) is 6.05. The number of sulfonamides is 1. The lowest BCUT2D eigenvalue weighted by Crippen LogP contribution is -2.37. The summed E-state index contributed by atoms with van der Waals surface area (Å²) >= 11 is 0. The number of H-pyrrole nitrogens is 1. The van der Waals surface area contributed by atoms with Crippen molar-refractivity contribution in [3.05, 3.63) is 12.4 Å². The first kappa shape index (κ1) is 14.8. The summed E-state index contributed by atoms with van der Waals surface area (Å²) in [6.07, 6.45) is 3.69. The molecule has 1 rings (SSSR count). The maximum atomic E-state index is 11.9. The number of halogens is 3. The van der Waals surface area contributed by atoms with E-state index in [-0.39, 0.29) is 19.6 Å². The van der Waals surface area contributed by atoms with Crippen LogP contribution < -0.4 is 9.46 Å². The lowest BCUT2D eigenvalue weighted by atomic mass is 10.3. The van der Waals surface area contributed by atoms with Crippen LogP contribution in [0.5, 0.6) is 6.01 Å². The van der Waals surface area contributed by atoms with E-state index in [1.165, 1.54) is 10.9 Å². The Morgan fingerprint density at radius 2 is 2.11 bits per heavy atom. The summed E-state index contributed by atoms with van der Waals surface area (Å²) in [6.45, 7) is -0.0510. The van der Waals surface area contributed by atoms with Gasteiger partial charge in [-0.05, 0) is 12.8 Å². The van der Waals surface area contributed by atoms with E-state index in [2.05, 4.69) is 9.97 Å². The van der Waals surface area contributed by atoms with Crippen molar-refractivity contribution in [2.75, 3.05) is 13.2 Å². The topological polar surface area (TPSA) is 84.1 Å². The Bertz CT molecular complexity index is 444. The molecule has 0 aliphatic carbocycles. The zero-order valence-corrected chi connectivity index (χ0v) is 10.0. The second-order valence-corrected chi connectivity index (χ2v) is 5.05. The highest BCUT2D eigenvalue weighted by Crippen LogP contribution is 2.21. The average Bonchev–Trinajstić information content (AvgIpc) is 2.74. The lowest BCUT2D eigenvalue weighted by molar-refractivity contribution is -0.0447. The molecular weight excluding hydrogens is 275 g/mol. The smallest absolute Gasteiger partial charge is 0.465 e. The van der Waals surface area contributed by atoms with E-state index in [0.29, 0.717) is 12.4 Å². The highest BCUT2D eigenvalue weighted by Gasteiger charge is 2.45. The molecule has 0 fully saturated rings. The van der Waals surface area contributed by atoms with E-state index in [1.54, 1.807) is 6.20 Å². The van der Waals surface area contributed by atoms with Crippen LogP contribution >= 0.6 is 0 Å². The first-order valence-corrected chi connectivity index (χ1v) is 6.49. The van der Waals surface area contributed by atoms with Crippen LogP contribution in [0.4, 0.5) is 13.2 Å². The van der Waals surface area contributed by atoms with Crippen LogP contribution in [0, 0.1) is 0 Å². The molecule has 0 aliphatic rings. The molecule has 0 aromatic carbocycles. The molecule has 18 heavy (non-hydrogen) atoms. The minimum absolute atomic E-state index is 0.232. The molecule has 104 valence electrons. The van der Waals surface area contributed by atoms with Crippen LogP contribution in [0.15, 0.2) is 12.4 Å². The van der Waals surface area contributed by atoms with Gasteiger partial charge in [-0.3, -0.25) is 0 Å². The van der Waals surface area contributed by atoms with Gasteiger partial charge in [0.05, 0.1) is 6.61 Å². The van der Waals surface area contributed by atoms with E-state index >= 15 is 0 Å². The van der Waals surface area contributed by atoms with Gasteiger partial charge in [0.1, 0.15) is 0 Å². The first-order valence-electron chi connectivity index (χ1n) is 5.01. The molecule has 0 amide bonds. The number of unbranched alkanes of at least 4 members (excludes halogenated alkanes) is 1. The average molecular weight is 287 g/mol. The molecule has 0 saturated carbocycles. The molecule has 0 radical (unpaired) electrons. The Balaban J connectivity index is 2.12. The molecule has 1 aromatic heterocycles. The fourth-order valence-electron chi connectivity index (χ4n) is 1.01. The van der Waals surface area contributed by atoms with Crippen molar-refractivity contribution in [3.8, 4) is 6.01 Å². The van der Waals surface area contributed by atoms with E-state index in [0.717, 1.165) is 0 Å². The normalized spacial score (nSPS) is 12.6. The minimum Gasteiger partial charge on any atom is -0.465 e. The van der Waals surface area contributed by atoms with Gasteiger partial charge in [-0.15, -0.1) is 0 Å². The molecule has 2 N–H and O–H groups in total. The van der Waals surface area contributed by atoms with Gasteiger partial charge in [0.15, 0.2) is 0 Å². The third kappa shape index (κ3) is 4.53. The number of aromatic nitrogens is 2. The van der Waals surface area contributed by atoms with Crippen molar-refractivity contribution in [3.63, 3.8) is 0 Å². The molecule has 1 aromatic rings. The Labute approximate surface area is 102 Å². The quantitative estimate of drug-likeness (QED) is 0.733. The standard InChI is InChI=1S/C8H12F3N3O3S/c9-8(10,11)18(15,16)14-3-1-2-6-17-7-12-4-5-13-7/h4-5,14H,1-3,6H2,(H,12,13). The van der Waals surface area contributed by atoms with Crippen molar-refractivity contribution in [2.45, 2.75) is 18.3 Å². The number of rotatable bonds is 7. The highest BCUT2D eigenvalue weighted by atomic mass is 32.2. The van der Waals surface area contributed by atoms with Crippen molar-refractivity contribution < 1.29 is 26.3 Å². The monoisotopic (exact) mass is 287 g/mol. The Kier molecular flexibility index (Phi) is 4.96. The number of aromatic amines is 1. The molecule has 0 unspecified atom stereocenters. The van der Waals surface area contributed by atoms with Crippen LogP contribution in [-0.4, -0.2) is 37.0 Å². The third-order valence-electron chi connectivity index (χ3n) is 1.88. The predicted octanol–water partition coefficient (Wildman–Crippen LogP) is 1.01. The SMILES string of the molecule is O=S(=O)(NCCCCOc1ncc[nH]1)C(F)(F)F. The Hall–Kier alpha value is -1.29. The number of alkyl halides is 3. The summed E-state index contributed by atoms with van der Waals surface area (Å²) in [4.78, 5) is 6.45. The molecule has 6 nitrogen and oxygen atoms in total. The first-order chi connectivity index (χ1) is 8.33. The summed E-state index contributed by atoms with van der Waals surface area (Å²) in [5.41, 5.74) is -5.27. The van der Waals surface area contributed by atoms with Gasteiger partial charge in [-0.25, -0.2) is 18.1 Å². The van der Waals surface area contributed by atoms with Crippen LogP contribution in [0.25, 0.3) is 0 Å². The van der Waals surface area contributed by atoms with Crippen molar-refractivity contribution in [1.82, 2.24) is 14.7 Å². The summed E-state index contributed by atoms with van der Waals surface area (Å²) in [5, 5.41) is 0. The number of imidazole rings is 1. The van der Waals surface area contributed by atoms with Gasteiger partial charge < -0.3 is 9.72 Å². The number of nitrogens with zero attached hydrogens (tertiary/aromatic N) is 1. The summed E-state index contributed by atoms with van der Waals surface area (Å²) in [6, 6.07) is 0.311. The largest absolute Gasteiger partial charge is 0.511 e. The van der Waals surface area contributed by atoms with E-state index in [4.69, 9.17) is 4.74 Å². The maximum absolute atomic E-state index is 11.9. The summed E-state index contributed by atoms with van der Waals surface area (Å²) < 4.78 is 63.4.